The van der Waals surface area contributed by atoms with Crippen LogP contribution in [0.5, 0.6) is 0 Å². The molecule has 58 valence electrons. The summed E-state index contributed by atoms with van der Waals surface area (Å²) >= 11 is 0. The third-order valence-electron chi connectivity index (χ3n) is 1.43. The normalized spacial score (nSPS) is 8.83. The minimum absolute atomic E-state index is 0. The van der Waals surface area contributed by atoms with Crippen molar-refractivity contribution in [2.45, 2.75) is 13.3 Å². The molecular formula is C9H8FOY+2. The standard InChI is InChI=1S/C9H8FO.Y/c1-2-9(11)7-5-3-4-6-8(7)10;/h4-6H,2H2,1H3;/q-1;+3. The van der Waals surface area contributed by atoms with Crippen LogP contribution in [0.15, 0.2) is 18.2 Å². The van der Waals surface area contributed by atoms with E-state index >= 15 is 0 Å². The van der Waals surface area contributed by atoms with Gasteiger partial charge >= 0.3 is 32.7 Å². The molecule has 0 saturated carbocycles. The van der Waals surface area contributed by atoms with Crippen molar-refractivity contribution in [2.24, 2.45) is 0 Å². The Hall–Kier alpha value is -0.0761. The second-order valence-electron chi connectivity index (χ2n) is 2.18. The van der Waals surface area contributed by atoms with Crippen LogP contribution in [0.2, 0.25) is 0 Å². The van der Waals surface area contributed by atoms with Gasteiger partial charge in [-0.1, -0.05) is 12.5 Å². The zero-order valence-electron chi connectivity index (χ0n) is 6.80. The number of hydrogen-bond acceptors (Lipinski definition) is 1. The molecule has 12 heavy (non-hydrogen) atoms. The van der Waals surface area contributed by atoms with Gasteiger partial charge in [0.25, 0.3) is 0 Å². The number of ketones is 1. The first-order chi connectivity index (χ1) is 5.25. The number of carbonyl (C=O) groups is 1. The van der Waals surface area contributed by atoms with Crippen molar-refractivity contribution in [3.05, 3.63) is 35.6 Å². The van der Waals surface area contributed by atoms with Gasteiger partial charge in [-0.15, -0.1) is 6.07 Å². The van der Waals surface area contributed by atoms with Crippen LogP contribution in [-0.2, 0) is 32.7 Å². The van der Waals surface area contributed by atoms with Gasteiger partial charge in [-0.05, 0) is 6.42 Å². The van der Waals surface area contributed by atoms with Gasteiger partial charge < -0.3 is 4.79 Å². The van der Waals surface area contributed by atoms with Gasteiger partial charge in [0.15, 0.2) is 0 Å². The maximum absolute atomic E-state index is 12.8. The molecule has 0 amide bonds. The van der Waals surface area contributed by atoms with Crippen LogP contribution in [0.1, 0.15) is 23.7 Å². The molecule has 0 aliphatic rings. The molecule has 0 N–H and O–H groups in total. The zero-order valence-corrected chi connectivity index (χ0v) is 9.64. The van der Waals surface area contributed by atoms with Crippen molar-refractivity contribution in [1.82, 2.24) is 0 Å². The second-order valence-corrected chi connectivity index (χ2v) is 2.18. The summed E-state index contributed by atoms with van der Waals surface area (Å²) in [4.78, 5) is 11.0. The first-order valence-corrected chi connectivity index (χ1v) is 3.44. The molecule has 0 saturated heterocycles. The molecule has 1 aromatic rings. The molecule has 3 heteroatoms. The molecule has 0 bridgehead atoms. The van der Waals surface area contributed by atoms with Gasteiger partial charge in [0.1, 0.15) is 5.78 Å². The summed E-state index contributed by atoms with van der Waals surface area (Å²) in [6, 6.07) is 6.72. The molecule has 0 aliphatic carbocycles. The molecule has 0 aromatic heterocycles. The number of carbonyl (C=O) groups excluding carboxylic acids is 1. The Morgan fingerprint density at radius 3 is 2.83 bits per heavy atom. The number of hydrogen-bond donors (Lipinski definition) is 0. The van der Waals surface area contributed by atoms with E-state index in [-0.39, 0.29) is 44.1 Å². The van der Waals surface area contributed by atoms with E-state index in [1.54, 1.807) is 6.92 Å². The number of benzene rings is 1. The number of halogens is 1. The molecule has 1 aromatic carbocycles. The van der Waals surface area contributed by atoms with E-state index < -0.39 is 5.82 Å². The summed E-state index contributed by atoms with van der Waals surface area (Å²) in [7, 11) is 0. The van der Waals surface area contributed by atoms with E-state index in [1.165, 1.54) is 18.2 Å². The Morgan fingerprint density at radius 2 is 2.33 bits per heavy atom. The van der Waals surface area contributed by atoms with Crippen LogP contribution in [0, 0.1) is 11.9 Å². The topological polar surface area (TPSA) is 17.1 Å². The van der Waals surface area contributed by atoms with Crippen molar-refractivity contribution in [2.75, 3.05) is 0 Å². The SMILES string of the molecule is CCC(=O)c1c[c-]ccc1F.[Y+3]. The van der Waals surface area contributed by atoms with E-state index in [4.69, 9.17) is 0 Å². The van der Waals surface area contributed by atoms with Crippen LogP contribution >= 0.6 is 0 Å². The van der Waals surface area contributed by atoms with E-state index in [0.717, 1.165) is 0 Å². The van der Waals surface area contributed by atoms with Crippen LogP contribution in [0.4, 0.5) is 4.39 Å². The maximum atomic E-state index is 12.8. The molecular weight excluding hydrogens is 232 g/mol. The summed E-state index contributed by atoms with van der Waals surface area (Å²) in [5.74, 6) is -0.644. The fourth-order valence-electron chi connectivity index (χ4n) is 0.816. The molecule has 1 rings (SSSR count). The Kier molecular flexibility index (Phi) is 5.51. The summed E-state index contributed by atoms with van der Waals surface area (Å²) in [5.41, 5.74) is 0.134. The molecule has 0 atom stereocenters. The number of rotatable bonds is 2. The molecule has 0 heterocycles. The minimum Gasteiger partial charge on any atom is -0.309 e. The predicted molar refractivity (Wildman–Crippen MR) is 39.9 cm³/mol. The van der Waals surface area contributed by atoms with Crippen molar-refractivity contribution >= 4 is 5.78 Å². The van der Waals surface area contributed by atoms with E-state index in [2.05, 4.69) is 6.07 Å². The average Bonchev–Trinajstić information content (AvgIpc) is 2.04. The van der Waals surface area contributed by atoms with Crippen molar-refractivity contribution in [3.63, 3.8) is 0 Å². The van der Waals surface area contributed by atoms with E-state index in [1.807, 2.05) is 0 Å². The Labute approximate surface area is 96.2 Å². The van der Waals surface area contributed by atoms with Gasteiger partial charge in [0.05, 0.1) is 0 Å². The van der Waals surface area contributed by atoms with Crippen LogP contribution in [-0.4, -0.2) is 5.78 Å². The smallest absolute Gasteiger partial charge is 0.309 e. The fraction of sp³-hybridized carbons (Fsp3) is 0.222. The summed E-state index contributed by atoms with van der Waals surface area (Å²) in [6.07, 6.45) is 0.328. The van der Waals surface area contributed by atoms with E-state index in [0.29, 0.717) is 6.42 Å². The van der Waals surface area contributed by atoms with Gasteiger partial charge in [0.2, 0.25) is 0 Å². The fourth-order valence-corrected chi connectivity index (χ4v) is 0.816. The van der Waals surface area contributed by atoms with Crippen molar-refractivity contribution in [3.8, 4) is 0 Å². The molecule has 0 radical (unpaired) electrons. The monoisotopic (exact) mass is 240 g/mol. The average molecular weight is 240 g/mol. The molecule has 0 fully saturated rings. The van der Waals surface area contributed by atoms with Crippen molar-refractivity contribution < 1.29 is 41.9 Å². The van der Waals surface area contributed by atoms with E-state index in [9.17, 15) is 9.18 Å². The van der Waals surface area contributed by atoms with Gasteiger partial charge in [0, 0.05) is 5.82 Å². The molecule has 0 aliphatic heterocycles. The number of Topliss-reactive ketones (excluding diaryl/α,β-unsaturated/α-hetero) is 1. The summed E-state index contributed by atoms with van der Waals surface area (Å²) < 4.78 is 12.8. The molecule has 1 nitrogen and oxygen atoms in total. The maximum Gasteiger partial charge on any atom is 3.00 e. The first-order valence-electron chi connectivity index (χ1n) is 3.44. The Balaban J connectivity index is 0.00000121. The largest absolute Gasteiger partial charge is 3.00 e. The zero-order chi connectivity index (χ0) is 8.27. The predicted octanol–water partition coefficient (Wildman–Crippen LogP) is 2.22. The second kappa shape index (κ2) is 5.55. The molecule has 0 spiro atoms. The Bertz CT molecular complexity index is 273. The quantitative estimate of drug-likeness (QED) is 0.572. The summed E-state index contributed by atoms with van der Waals surface area (Å²) in [6.45, 7) is 1.70. The van der Waals surface area contributed by atoms with Gasteiger partial charge in [-0.3, -0.25) is 0 Å². The third-order valence-corrected chi connectivity index (χ3v) is 1.43. The van der Waals surface area contributed by atoms with Crippen LogP contribution in [0.3, 0.4) is 0 Å². The first kappa shape index (κ1) is 11.9. The minimum atomic E-state index is -0.462. The molecule has 0 unspecified atom stereocenters. The van der Waals surface area contributed by atoms with Crippen LogP contribution in [0.25, 0.3) is 0 Å². The Morgan fingerprint density at radius 1 is 1.67 bits per heavy atom. The van der Waals surface area contributed by atoms with Crippen molar-refractivity contribution in [1.29, 1.82) is 0 Å². The van der Waals surface area contributed by atoms with Crippen LogP contribution < -0.4 is 0 Å². The van der Waals surface area contributed by atoms with Gasteiger partial charge in [-0.2, -0.15) is 18.2 Å². The third kappa shape index (κ3) is 2.76. The van der Waals surface area contributed by atoms with Gasteiger partial charge in [-0.25, -0.2) is 4.39 Å². The summed E-state index contributed by atoms with van der Waals surface area (Å²) in [5, 5.41) is 0.